The van der Waals surface area contributed by atoms with Gasteiger partial charge in [-0.05, 0) is 18.6 Å². The predicted molar refractivity (Wildman–Crippen MR) is 122 cm³/mol. The minimum atomic E-state index is -1.34. The lowest BCUT2D eigenvalue weighted by Gasteiger charge is -2.16. The van der Waals surface area contributed by atoms with Crippen LogP contribution in [0, 0.1) is 0 Å². The molecule has 1 aromatic carbocycles. The van der Waals surface area contributed by atoms with Gasteiger partial charge in [-0.15, -0.1) is 0 Å². The summed E-state index contributed by atoms with van der Waals surface area (Å²) in [6, 6.07) is 7.74. The smallest absolute Gasteiger partial charge is 0.293 e. The Morgan fingerprint density at radius 3 is 1.68 bits per heavy atom. The highest BCUT2D eigenvalue weighted by atomic mass is 28.3. The Bertz CT molecular complexity index is 520. The average Bonchev–Trinajstić information content (AvgIpc) is 2.67. The largest absolute Gasteiger partial charge is 0.373 e. The zero-order valence-electron chi connectivity index (χ0n) is 18.7. The molecule has 0 aromatic heterocycles. The van der Waals surface area contributed by atoms with Gasteiger partial charge >= 0.3 is 5.97 Å². The molecule has 0 aliphatic carbocycles. The Labute approximate surface area is 174 Å². The average molecular weight is 407 g/mol. The van der Waals surface area contributed by atoms with Crippen molar-refractivity contribution < 1.29 is 14.6 Å². The highest BCUT2D eigenvalue weighted by molar-refractivity contribution is 6.88. The maximum Gasteiger partial charge on any atom is 0.373 e. The number of carbonyl (C=O) groups excluding carboxylic acids is 1. The molecule has 4 heteroatoms. The predicted octanol–water partition coefficient (Wildman–Crippen LogP) is 7.02. The molecule has 0 N–H and O–H groups in total. The first-order valence-corrected chi connectivity index (χ1v) is 14.9. The molecule has 1 rings (SSSR count). The summed E-state index contributed by atoms with van der Waals surface area (Å²) in [5.41, 5.74) is 0.552. The zero-order valence-corrected chi connectivity index (χ0v) is 19.7. The van der Waals surface area contributed by atoms with Crippen LogP contribution in [0.3, 0.4) is 0 Å². The molecule has 0 heterocycles. The van der Waals surface area contributed by atoms with Gasteiger partial charge in [0.1, 0.15) is 0 Å². The Morgan fingerprint density at radius 2 is 1.21 bits per heavy atom. The summed E-state index contributed by atoms with van der Waals surface area (Å²) in [7, 11) is -1.34. The molecule has 0 atom stereocenters. The third kappa shape index (κ3) is 11.7. The van der Waals surface area contributed by atoms with E-state index in [1.165, 1.54) is 69.4 Å². The lowest BCUT2D eigenvalue weighted by molar-refractivity contribution is -0.241. The second-order valence-corrected chi connectivity index (χ2v) is 14.0. The Hall–Kier alpha value is -1.13. The van der Waals surface area contributed by atoms with Gasteiger partial charge in [-0.1, -0.05) is 115 Å². The van der Waals surface area contributed by atoms with Crippen LogP contribution in [0.1, 0.15) is 94.3 Å². The van der Waals surface area contributed by atoms with Gasteiger partial charge in [-0.3, -0.25) is 4.89 Å². The zero-order chi connectivity index (χ0) is 20.7. The van der Waals surface area contributed by atoms with E-state index in [9.17, 15) is 4.79 Å². The Kier molecular flexibility index (Phi) is 13.2. The van der Waals surface area contributed by atoms with Crippen molar-refractivity contribution in [2.24, 2.45) is 0 Å². The lowest BCUT2D eigenvalue weighted by atomic mass is 10.1. The van der Waals surface area contributed by atoms with E-state index in [-0.39, 0.29) is 0 Å². The van der Waals surface area contributed by atoms with Crippen LogP contribution >= 0.6 is 0 Å². The molecule has 0 saturated carbocycles. The van der Waals surface area contributed by atoms with E-state index in [0.29, 0.717) is 12.2 Å². The fraction of sp³-hybridized carbons (Fsp3) is 0.708. The minimum absolute atomic E-state index is 0.402. The minimum Gasteiger partial charge on any atom is -0.293 e. The van der Waals surface area contributed by atoms with E-state index < -0.39 is 14.0 Å². The SMILES string of the molecule is CCCCCCCCCCCCCCOOC(=O)c1ccc([Si](C)(C)C)cc1. The van der Waals surface area contributed by atoms with Crippen LogP contribution in [0.4, 0.5) is 0 Å². The van der Waals surface area contributed by atoms with Crippen molar-refractivity contribution in [1.82, 2.24) is 0 Å². The van der Waals surface area contributed by atoms with Crippen molar-refractivity contribution in [3.8, 4) is 0 Å². The van der Waals surface area contributed by atoms with Crippen molar-refractivity contribution in [3.05, 3.63) is 29.8 Å². The summed E-state index contributed by atoms with van der Waals surface area (Å²) in [5.74, 6) is -0.402. The van der Waals surface area contributed by atoms with Gasteiger partial charge in [0, 0.05) is 0 Å². The molecule has 0 aliphatic heterocycles. The van der Waals surface area contributed by atoms with Crippen LogP contribution in [0.5, 0.6) is 0 Å². The third-order valence-corrected chi connectivity index (χ3v) is 7.27. The van der Waals surface area contributed by atoms with Gasteiger partial charge in [0.15, 0.2) is 0 Å². The van der Waals surface area contributed by atoms with Gasteiger partial charge in [0.05, 0.1) is 20.2 Å². The van der Waals surface area contributed by atoms with Crippen LogP contribution < -0.4 is 5.19 Å². The second-order valence-electron chi connectivity index (χ2n) is 8.91. The number of unbranched alkanes of at least 4 members (excludes halogenated alkanes) is 11. The van der Waals surface area contributed by atoms with Crippen molar-refractivity contribution >= 4 is 19.2 Å². The van der Waals surface area contributed by atoms with E-state index in [0.717, 1.165) is 12.8 Å². The van der Waals surface area contributed by atoms with Crippen LogP contribution in [0.15, 0.2) is 24.3 Å². The van der Waals surface area contributed by atoms with Crippen LogP contribution in [-0.2, 0) is 9.78 Å². The number of rotatable bonds is 16. The Balaban J connectivity index is 1.96. The van der Waals surface area contributed by atoms with Gasteiger partial charge < -0.3 is 0 Å². The summed E-state index contributed by atoms with van der Waals surface area (Å²) < 4.78 is 0. The van der Waals surface area contributed by atoms with Crippen molar-refractivity contribution in [2.75, 3.05) is 6.61 Å². The molecule has 0 saturated heterocycles. The first-order valence-electron chi connectivity index (χ1n) is 11.4. The van der Waals surface area contributed by atoms with E-state index in [1.807, 2.05) is 24.3 Å². The molecular formula is C24H42O3Si. The molecule has 0 fully saturated rings. The van der Waals surface area contributed by atoms with E-state index >= 15 is 0 Å². The maximum atomic E-state index is 12.0. The van der Waals surface area contributed by atoms with Crippen molar-refractivity contribution in [3.63, 3.8) is 0 Å². The monoisotopic (exact) mass is 406 g/mol. The summed E-state index contributed by atoms with van der Waals surface area (Å²) in [6.45, 7) is 9.62. The topological polar surface area (TPSA) is 35.5 Å². The molecule has 0 amide bonds. The van der Waals surface area contributed by atoms with Crippen molar-refractivity contribution in [1.29, 1.82) is 0 Å². The van der Waals surface area contributed by atoms with Crippen LogP contribution in [-0.4, -0.2) is 20.7 Å². The molecule has 0 unspecified atom stereocenters. The van der Waals surface area contributed by atoms with E-state index in [4.69, 9.17) is 9.78 Å². The normalized spacial score (nSPS) is 11.6. The number of carbonyl (C=O) groups is 1. The molecule has 0 radical (unpaired) electrons. The number of hydrogen-bond donors (Lipinski definition) is 0. The summed E-state index contributed by atoms with van der Waals surface area (Å²) >= 11 is 0. The van der Waals surface area contributed by atoms with Gasteiger partial charge in [0.25, 0.3) is 0 Å². The maximum absolute atomic E-state index is 12.0. The lowest BCUT2D eigenvalue weighted by Crippen LogP contribution is -2.37. The molecule has 3 nitrogen and oxygen atoms in total. The first kappa shape index (κ1) is 24.9. The summed E-state index contributed by atoms with van der Waals surface area (Å²) in [4.78, 5) is 22.0. The molecular weight excluding hydrogens is 364 g/mol. The molecule has 0 spiro atoms. The van der Waals surface area contributed by atoms with E-state index in [2.05, 4.69) is 26.6 Å². The van der Waals surface area contributed by atoms with Crippen LogP contribution in [0.25, 0.3) is 0 Å². The van der Waals surface area contributed by atoms with Crippen molar-refractivity contribution in [2.45, 2.75) is 104 Å². The summed E-state index contributed by atoms with van der Waals surface area (Å²) in [6.07, 6.45) is 15.7. The third-order valence-electron chi connectivity index (χ3n) is 5.20. The number of hydrogen-bond acceptors (Lipinski definition) is 3. The fourth-order valence-corrected chi connectivity index (χ4v) is 4.42. The van der Waals surface area contributed by atoms with Gasteiger partial charge in [-0.25, -0.2) is 4.79 Å². The van der Waals surface area contributed by atoms with E-state index in [1.54, 1.807) is 0 Å². The van der Waals surface area contributed by atoms with Gasteiger partial charge in [-0.2, -0.15) is 4.89 Å². The highest BCUT2D eigenvalue weighted by Crippen LogP contribution is 2.12. The molecule has 0 aliphatic rings. The van der Waals surface area contributed by atoms with Crippen LogP contribution in [0.2, 0.25) is 19.6 Å². The Morgan fingerprint density at radius 1 is 0.750 bits per heavy atom. The molecule has 28 heavy (non-hydrogen) atoms. The highest BCUT2D eigenvalue weighted by Gasteiger charge is 2.17. The first-order chi connectivity index (χ1) is 13.4. The molecule has 0 bridgehead atoms. The summed E-state index contributed by atoms with van der Waals surface area (Å²) in [5, 5.41) is 1.33. The number of benzene rings is 1. The fourth-order valence-electron chi connectivity index (χ4n) is 3.25. The molecule has 1 aromatic rings. The quantitative estimate of drug-likeness (QED) is 0.128. The van der Waals surface area contributed by atoms with Gasteiger partial charge in [0.2, 0.25) is 0 Å². The molecule has 160 valence electrons. The second kappa shape index (κ2) is 14.8. The standard InChI is InChI=1S/C24H42O3Si/c1-5-6-7-8-9-10-11-12-13-14-15-16-21-26-27-24(25)22-17-19-23(20-18-22)28(2,3)4/h17-20H,5-16,21H2,1-4H3.